The van der Waals surface area contributed by atoms with Crippen molar-refractivity contribution in [3.05, 3.63) is 29.8 Å². The van der Waals surface area contributed by atoms with Gasteiger partial charge in [0.25, 0.3) is 0 Å². The van der Waals surface area contributed by atoms with Crippen molar-refractivity contribution in [2.75, 3.05) is 49.2 Å². The van der Waals surface area contributed by atoms with E-state index in [0.29, 0.717) is 49.4 Å². The Morgan fingerprint density at radius 3 is 2.50 bits per heavy atom. The van der Waals surface area contributed by atoms with Crippen molar-refractivity contribution in [1.82, 2.24) is 15.1 Å². The third-order valence-corrected chi connectivity index (χ3v) is 5.79. The lowest BCUT2D eigenvalue weighted by atomic mass is 10.0. The Kier molecular flexibility index (Phi) is 5.48. The van der Waals surface area contributed by atoms with Gasteiger partial charge in [0.05, 0.1) is 48.9 Å². The van der Waals surface area contributed by atoms with Crippen molar-refractivity contribution in [2.45, 2.75) is 26.1 Å². The molecule has 3 aromatic rings. The number of carbonyl (C=O) groups is 1. The van der Waals surface area contributed by atoms with Crippen molar-refractivity contribution in [2.24, 2.45) is 0 Å². The third-order valence-electron chi connectivity index (χ3n) is 5.79. The molecule has 10 heteroatoms. The molecule has 0 radical (unpaired) electrons. The Bertz CT molecular complexity index is 1120. The number of fused-ring (bicyclic) bond motifs is 1. The maximum Gasteiger partial charge on any atom is 0.205 e. The quantitative estimate of drug-likeness (QED) is 0.567. The number of rotatable bonds is 4. The van der Waals surface area contributed by atoms with E-state index in [1.807, 2.05) is 18.7 Å². The summed E-state index contributed by atoms with van der Waals surface area (Å²) in [5.74, 6) is 0.130. The summed E-state index contributed by atoms with van der Waals surface area (Å²) in [6.07, 6.45) is 3.73. The van der Waals surface area contributed by atoms with Crippen LogP contribution < -0.4 is 9.80 Å². The van der Waals surface area contributed by atoms with Gasteiger partial charge in [-0.1, -0.05) is 5.16 Å². The molecule has 2 aromatic heterocycles. The molecule has 0 aliphatic carbocycles. The van der Waals surface area contributed by atoms with E-state index < -0.39 is 5.82 Å². The van der Waals surface area contributed by atoms with Crippen molar-refractivity contribution >= 4 is 28.8 Å². The number of carbonyl (C=O) groups excluding carboxylic acids is 1. The van der Waals surface area contributed by atoms with Crippen LogP contribution in [-0.4, -0.2) is 73.0 Å². The summed E-state index contributed by atoms with van der Waals surface area (Å²) in [7, 11) is 0. The van der Waals surface area contributed by atoms with Gasteiger partial charge in [0.15, 0.2) is 12.1 Å². The molecule has 2 atom stereocenters. The molecule has 9 nitrogen and oxygen atoms in total. The van der Waals surface area contributed by atoms with E-state index in [9.17, 15) is 4.79 Å². The summed E-state index contributed by atoms with van der Waals surface area (Å²) in [5, 5.41) is 4.44. The Morgan fingerprint density at radius 2 is 1.84 bits per heavy atom. The molecule has 0 N–H and O–H groups in total. The summed E-state index contributed by atoms with van der Waals surface area (Å²) < 4.78 is 32.0. The van der Waals surface area contributed by atoms with Gasteiger partial charge in [0.1, 0.15) is 17.2 Å². The zero-order valence-electron chi connectivity index (χ0n) is 18.0. The van der Waals surface area contributed by atoms with E-state index in [0.717, 1.165) is 18.9 Å². The van der Waals surface area contributed by atoms with Crippen LogP contribution in [0.5, 0.6) is 0 Å². The molecular formula is C22H24FN5O4. The standard InChI is InChI=1S/C22H24FN5O4/c1-13-10-28(11-14(2)31-13)21-15(12-29)7-16-20(26-32-22(16)19(21)23)17-8-25-18(9-24-17)27-3-5-30-6-4-27/h7-9,12-14H,3-6,10-11H2,1-2H3/t13-,14-/m1/s1. The molecule has 0 saturated carbocycles. The van der Waals surface area contributed by atoms with Crippen molar-refractivity contribution in [1.29, 1.82) is 0 Å². The number of halogens is 1. The topological polar surface area (TPSA) is 93.8 Å². The first-order valence-electron chi connectivity index (χ1n) is 10.7. The second-order valence-corrected chi connectivity index (χ2v) is 8.18. The van der Waals surface area contributed by atoms with E-state index in [2.05, 4.69) is 20.0 Å². The molecule has 2 aliphatic rings. The third kappa shape index (κ3) is 3.69. The largest absolute Gasteiger partial charge is 0.378 e. The van der Waals surface area contributed by atoms with Crippen LogP contribution in [0.4, 0.5) is 15.9 Å². The van der Waals surface area contributed by atoms with E-state index in [1.54, 1.807) is 18.5 Å². The van der Waals surface area contributed by atoms with E-state index >= 15 is 4.39 Å². The summed E-state index contributed by atoms with van der Waals surface area (Å²) in [5.41, 5.74) is 1.23. The number of nitrogens with zero attached hydrogens (tertiary/aromatic N) is 5. The Balaban J connectivity index is 1.52. The average Bonchev–Trinajstić information content (AvgIpc) is 3.23. The first-order chi connectivity index (χ1) is 15.5. The molecule has 2 saturated heterocycles. The molecule has 1 aromatic carbocycles. The Hall–Kier alpha value is -3.11. The maximum atomic E-state index is 15.6. The molecule has 2 fully saturated rings. The fourth-order valence-electron chi connectivity index (χ4n) is 4.40. The first kappa shape index (κ1) is 20.8. The SMILES string of the molecule is C[C@@H]1CN(c2c(C=O)cc3c(-c4cnc(N5CCOCC5)cn4)noc3c2F)C[C@@H](C)O1. The Labute approximate surface area is 184 Å². The minimum absolute atomic E-state index is 0.00791. The van der Waals surface area contributed by atoms with Crippen LogP contribution in [0.25, 0.3) is 22.4 Å². The highest BCUT2D eigenvalue weighted by atomic mass is 19.1. The van der Waals surface area contributed by atoms with E-state index in [1.165, 1.54) is 0 Å². The smallest absolute Gasteiger partial charge is 0.205 e. The molecule has 4 heterocycles. The second-order valence-electron chi connectivity index (χ2n) is 8.18. The van der Waals surface area contributed by atoms with E-state index in [4.69, 9.17) is 14.0 Å². The molecule has 32 heavy (non-hydrogen) atoms. The lowest BCUT2D eigenvalue weighted by Crippen LogP contribution is -2.46. The van der Waals surface area contributed by atoms with Crippen LogP contribution in [0.2, 0.25) is 0 Å². The predicted molar refractivity (Wildman–Crippen MR) is 116 cm³/mol. The molecule has 2 aliphatic heterocycles. The molecule has 0 amide bonds. The highest BCUT2D eigenvalue weighted by Crippen LogP contribution is 2.36. The van der Waals surface area contributed by atoms with Gasteiger partial charge in [-0.15, -0.1) is 0 Å². The van der Waals surface area contributed by atoms with Gasteiger partial charge >= 0.3 is 0 Å². The number of hydrogen-bond donors (Lipinski definition) is 0. The number of ether oxygens (including phenoxy) is 2. The summed E-state index contributed by atoms with van der Waals surface area (Å²) in [4.78, 5) is 24.8. The van der Waals surface area contributed by atoms with Crippen LogP contribution >= 0.6 is 0 Å². The number of morpholine rings is 2. The van der Waals surface area contributed by atoms with Crippen molar-refractivity contribution < 1.29 is 23.2 Å². The van der Waals surface area contributed by atoms with Crippen molar-refractivity contribution in [3.63, 3.8) is 0 Å². The molecular weight excluding hydrogens is 417 g/mol. The summed E-state index contributed by atoms with van der Waals surface area (Å²) >= 11 is 0. The van der Waals surface area contributed by atoms with Gasteiger partial charge in [0.2, 0.25) is 5.58 Å². The van der Waals surface area contributed by atoms with Crippen molar-refractivity contribution in [3.8, 4) is 11.4 Å². The van der Waals surface area contributed by atoms with Gasteiger partial charge in [-0.2, -0.15) is 0 Å². The number of aldehydes is 1. The number of benzene rings is 1. The zero-order chi connectivity index (χ0) is 22.2. The van der Waals surface area contributed by atoms with Gasteiger partial charge in [-0.05, 0) is 19.9 Å². The van der Waals surface area contributed by atoms with Crippen LogP contribution in [-0.2, 0) is 9.47 Å². The maximum absolute atomic E-state index is 15.6. The Morgan fingerprint density at radius 1 is 1.09 bits per heavy atom. The first-order valence-corrected chi connectivity index (χ1v) is 10.7. The van der Waals surface area contributed by atoms with Crippen LogP contribution in [0, 0.1) is 5.82 Å². The molecule has 5 rings (SSSR count). The lowest BCUT2D eigenvalue weighted by molar-refractivity contribution is -0.00543. The van der Waals surface area contributed by atoms with Gasteiger partial charge in [-0.3, -0.25) is 4.79 Å². The summed E-state index contributed by atoms with van der Waals surface area (Å²) in [6.45, 7) is 7.58. The minimum atomic E-state index is -0.609. The van der Waals surface area contributed by atoms with E-state index in [-0.39, 0.29) is 29.0 Å². The lowest BCUT2D eigenvalue weighted by Gasteiger charge is -2.37. The zero-order valence-corrected chi connectivity index (χ0v) is 18.0. The molecule has 168 valence electrons. The normalized spacial score (nSPS) is 21.8. The number of anilines is 2. The van der Waals surface area contributed by atoms with Gasteiger partial charge in [-0.25, -0.2) is 14.4 Å². The van der Waals surface area contributed by atoms with Crippen LogP contribution in [0.1, 0.15) is 24.2 Å². The highest BCUT2D eigenvalue weighted by Gasteiger charge is 2.29. The monoisotopic (exact) mass is 441 g/mol. The predicted octanol–water partition coefficient (Wildman–Crippen LogP) is 2.69. The minimum Gasteiger partial charge on any atom is -0.378 e. The van der Waals surface area contributed by atoms with Gasteiger partial charge < -0.3 is 23.8 Å². The fourth-order valence-corrected chi connectivity index (χ4v) is 4.40. The second kappa shape index (κ2) is 8.44. The van der Waals surface area contributed by atoms with Crippen LogP contribution in [0.15, 0.2) is 23.0 Å². The van der Waals surface area contributed by atoms with Gasteiger partial charge in [0, 0.05) is 31.7 Å². The molecule has 0 bridgehead atoms. The van der Waals surface area contributed by atoms with Crippen LogP contribution in [0.3, 0.4) is 0 Å². The number of aromatic nitrogens is 3. The highest BCUT2D eigenvalue weighted by molar-refractivity contribution is 5.99. The summed E-state index contributed by atoms with van der Waals surface area (Å²) in [6, 6.07) is 1.61. The fraction of sp³-hybridized carbons (Fsp3) is 0.455. The molecule has 0 unspecified atom stereocenters. The average molecular weight is 441 g/mol. The molecule has 0 spiro atoms. The number of hydrogen-bond acceptors (Lipinski definition) is 9.